The van der Waals surface area contributed by atoms with E-state index in [9.17, 15) is 14.7 Å². The molecular weight excluding hydrogens is 404 g/mol. The minimum Gasteiger partial charge on any atom is -0.508 e. The highest BCUT2D eigenvalue weighted by molar-refractivity contribution is 6.31. The SMILES string of the molecule is O=C1[C@@H]2[C@@H](c3ccccc3O)N(c3ccccc3)O[C@H]2C(=O)N1c1ccc(Cl)cc1. The third-order valence-electron chi connectivity index (χ3n) is 5.47. The number of phenols is 1. The summed E-state index contributed by atoms with van der Waals surface area (Å²) < 4.78 is 0. The van der Waals surface area contributed by atoms with Crippen molar-refractivity contribution in [1.82, 2.24) is 0 Å². The van der Waals surface area contributed by atoms with Crippen molar-refractivity contribution in [2.45, 2.75) is 12.1 Å². The van der Waals surface area contributed by atoms with Gasteiger partial charge in [-0.3, -0.25) is 14.4 Å². The second kappa shape index (κ2) is 7.16. The predicted octanol–water partition coefficient (Wildman–Crippen LogP) is 4.10. The minimum atomic E-state index is -0.988. The summed E-state index contributed by atoms with van der Waals surface area (Å²) in [6.45, 7) is 0. The molecule has 5 rings (SSSR count). The first-order valence-electron chi connectivity index (χ1n) is 9.48. The highest BCUT2D eigenvalue weighted by Gasteiger charge is 2.60. The Labute approximate surface area is 177 Å². The van der Waals surface area contributed by atoms with E-state index in [1.807, 2.05) is 30.3 Å². The zero-order chi connectivity index (χ0) is 20.8. The number of hydroxylamine groups is 1. The first kappa shape index (κ1) is 18.7. The Morgan fingerprint density at radius 2 is 1.47 bits per heavy atom. The third kappa shape index (κ3) is 2.84. The summed E-state index contributed by atoms with van der Waals surface area (Å²) in [5, 5.41) is 12.6. The number of hydrogen-bond acceptors (Lipinski definition) is 5. The second-order valence-electron chi connectivity index (χ2n) is 7.21. The van der Waals surface area contributed by atoms with Crippen LogP contribution >= 0.6 is 11.6 Å². The van der Waals surface area contributed by atoms with E-state index in [1.54, 1.807) is 53.6 Å². The van der Waals surface area contributed by atoms with E-state index in [-0.39, 0.29) is 11.7 Å². The molecule has 3 aromatic rings. The second-order valence-corrected chi connectivity index (χ2v) is 7.64. The Hall–Kier alpha value is -3.35. The van der Waals surface area contributed by atoms with Crippen molar-refractivity contribution >= 4 is 34.8 Å². The van der Waals surface area contributed by atoms with Gasteiger partial charge in [0.15, 0.2) is 6.10 Å². The number of nitrogens with zero attached hydrogens (tertiary/aromatic N) is 2. The smallest absolute Gasteiger partial charge is 0.266 e. The first-order chi connectivity index (χ1) is 14.6. The van der Waals surface area contributed by atoms with E-state index in [4.69, 9.17) is 16.4 Å². The van der Waals surface area contributed by atoms with Crippen LogP contribution in [0.25, 0.3) is 0 Å². The highest BCUT2D eigenvalue weighted by atomic mass is 35.5. The fourth-order valence-electron chi connectivity index (χ4n) is 4.11. The number of fused-ring (bicyclic) bond motifs is 1. The van der Waals surface area contributed by atoms with E-state index in [1.165, 1.54) is 0 Å². The highest BCUT2D eigenvalue weighted by Crippen LogP contribution is 2.49. The number of carbonyl (C=O) groups excluding carboxylic acids is 2. The Kier molecular flexibility index (Phi) is 4.46. The molecule has 2 saturated heterocycles. The number of phenolic OH excluding ortho intramolecular Hbond substituents is 1. The van der Waals surface area contributed by atoms with Gasteiger partial charge in [0.25, 0.3) is 5.91 Å². The molecule has 0 aromatic heterocycles. The summed E-state index contributed by atoms with van der Waals surface area (Å²) in [6, 6.07) is 21.9. The van der Waals surface area contributed by atoms with E-state index in [0.717, 1.165) is 4.90 Å². The van der Waals surface area contributed by atoms with Gasteiger partial charge in [0.1, 0.15) is 11.7 Å². The lowest BCUT2D eigenvalue weighted by molar-refractivity contribution is -0.126. The van der Waals surface area contributed by atoms with Crippen molar-refractivity contribution in [3.8, 4) is 5.75 Å². The molecule has 3 aromatic carbocycles. The average Bonchev–Trinajstić information content (AvgIpc) is 3.26. The van der Waals surface area contributed by atoms with Crippen LogP contribution in [0.15, 0.2) is 78.9 Å². The van der Waals surface area contributed by atoms with Crippen LogP contribution in [0.5, 0.6) is 5.75 Å². The molecule has 0 spiro atoms. The molecule has 2 fully saturated rings. The number of benzene rings is 3. The maximum absolute atomic E-state index is 13.4. The van der Waals surface area contributed by atoms with Crippen LogP contribution in [0.2, 0.25) is 5.02 Å². The monoisotopic (exact) mass is 420 g/mol. The molecule has 30 heavy (non-hydrogen) atoms. The van der Waals surface area contributed by atoms with Crippen LogP contribution in [0.1, 0.15) is 11.6 Å². The van der Waals surface area contributed by atoms with E-state index in [0.29, 0.717) is 22.0 Å². The summed E-state index contributed by atoms with van der Waals surface area (Å²) in [5.41, 5.74) is 1.65. The van der Waals surface area contributed by atoms with Gasteiger partial charge in [0.05, 0.1) is 17.4 Å². The van der Waals surface area contributed by atoms with Gasteiger partial charge in [0, 0.05) is 10.6 Å². The standard InChI is InChI=1S/C23H17ClN2O4/c24-14-10-12-15(13-11-14)25-22(28)19-20(17-8-4-5-9-18(17)27)26(30-21(19)23(25)29)16-6-2-1-3-7-16/h1-13,19-21,27H/t19-,20-,21-/m1/s1. The molecule has 2 aliphatic rings. The molecule has 0 saturated carbocycles. The lowest BCUT2D eigenvalue weighted by atomic mass is 9.90. The lowest BCUT2D eigenvalue weighted by Gasteiger charge is -2.29. The average molecular weight is 421 g/mol. The van der Waals surface area contributed by atoms with Gasteiger partial charge in [-0.25, -0.2) is 9.96 Å². The molecule has 6 nitrogen and oxygen atoms in total. The van der Waals surface area contributed by atoms with Gasteiger partial charge in [0.2, 0.25) is 5.91 Å². The van der Waals surface area contributed by atoms with Gasteiger partial charge >= 0.3 is 0 Å². The lowest BCUT2D eigenvalue weighted by Crippen LogP contribution is -2.37. The van der Waals surface area contributed by atoms with Gasteiger partial charge in [-0.15, -0.1) is 0 Å². The predicted molar refractivity (Wildman–Crippen MR) is 112 cm³/mol. The molecule has 0 radical (unpaired) electrons. The largest absolute Gasteiger partial charge is 0.508 e. The molecule has 2 aliphatic heterocycles. The van der Waals surface area contributed by atoms with Crippen molar-refractivity contribution in [3.63, 3.8) is 0 Å². The van der Waals surface area contributed by atoms with Gasteiger partial charge in [-0.05, 0) is 42.5 Å². The Morgan fingerprint density at radius 1 is 0.800 bits per heavy atom. The Balaban J connectivity index is 1.60. The van der Waals surface area contributed by atoms with Crippen molar-refractivity contribution < 1.29 is 19.5 Å². The summed E-state index contributed by atoms with van der Waals surface area (Å²) in [6.07, 6.45) is -0.988. The molecule has 0 unspecified atom stereocenters. The van der Waals surface area contributed by atoms with Gasteiger partial charge in [-0.2, -0.15) is 0 Å². The van der Waals surface area contributed by atoms with E-state index in [2.05, 4.69) is 0 Å². The zero-order valence-electron chi connectivity index (χ0n) is 15.7. The van der Waals surface area contributed by atoms with Crippen molar-refractivity contribution in [2.24, 2.45) is 5.92 Å². The van der Waals surface area contributed by atoms with E-state index < -0.39 is 24.0 Å². The molecular formula is C23H17ClN2O4. The van der Waals surface area contributed by atoms with Gasteiger partial charge in [-0.1, -0.05) is 48.0 Å². The topological polar surface area (TPSA) is 70.1 Å². The van der Waals surface area contributed by atoms with Crippen LogP contribution in [-0.4, -0.2) is 23.0 Å². The number of amides is 2. The number of carbonyl (C=O) groups is 2. The maximum Gasteiger partial charge on any atom is 0.266 e. The fourth-order valence-corrected chi connectivity index (χ4v) is 4.24. The Morgan fingerprint density at radius 3 is 2.17 bits per heavy atom. The number of rotatable bonds is 3. The first-order valence-corrected chi connectivity index (χ1v) is 9.86. The normalized spacial score (nSPS) is 23.2. The van der Waals surface area contributed by atoms with Crippen LogP contribution < -0.4 is 9.96 Å². The van der Waals surface area contributed by atoms with Gasteiger partial charge < -0.3 is 5.11 Å². The number of anilines is 2. The zero-order valence-corrected chi connectivity index (χ0v) is 16.4. The fraction of sp³-hybridized carbons (Fsp3) is 0.130. The number of aromatic hydroxyl groups is 1. The van der Waals surface area contributed by atoms with Crippen LogP contribution in [0, 0.1) is 5.92 Å². The number of para-hydroxylation sites is 2. The Bertz CT molecular complexity index is 1120. The summed E-state index contributed by atoms with van der Waals surface area (Å²) in [5.74, 6) is -1.58. The van der Waals surface area contributed by atoms with Crippen molar-refractivity contribution in [1.29, 1.82) is 0 Å². The number of halogens is 1. The summed E-state index contributed by atoms with van der Waals surface area (Å²) >= 11 is 5.95. The molecule has 0 bridgehead atoms. The molecule has 150 valence electrons. The number of imide groups is 1. The molecule has 2 heterocycles. The molecule has 2 amide bonds. The molecule has 0 aliphatic carbocycles. The van der Waals surface area contributed by atoms with E-state index >= 15 is 0 Å². The summed E-state index contributed by atoms with van der Waals surface area (Å²) in [7, 11) is 0. The molecule has 7 heteroatoms. The quantitative estimate of drug-likeness (QED) is 0.646. The van der Waals surface area contributed by atoms with Crippen molar-refractivity contribution in [3.05, 3.63) is 89.4 Å². The van der Waals surface area contributed by atoms with Crippen LogP contribution in [0.3, 0.4) is 0 Å². The third-order valence-corrected chi connectivity index (χ3v) is 5.72. The summed E-state index contributed by atoms with van der Waals surface area (Å²) in [4.78, 5) is 33.8. The molecule has 1 N–H and O–H groups in total. The molecule has 3 atom stereocenters. The van der Waals surface area contributed by atoms with Crippen LogP contribution in [-0.2, 0) is 14.4 Å². The van der Waals surface area contributed by atoms with Crippen molar-refractivity contribution in [2.75, 3.05) is 9.96 Å². The maximum atomic E-state index is 13.4. The van der Waals surface area contributed by atoms with Crippen LogP contribution in [0.4, 0.5) is 11.4 Å². The number of hydrogen-bond donors (Lipinski definition) is 1. The minimum absolute atomic E-state index is 0.0397.